The Morgan fingerprint density at radius 3 is 2.56 bits per heavy atom. The van der Waals surface area contributed by atoms with Crippen LogP contribution in [0.5, 0.6) is 0 Å². The summed E-state index contributed by atoms with van der Waals surface area (Å²) in [7, 11) is 1.74. The van der Waals surface area contributed by atoms with Gasteiger partial charge in [-0.3, -0.25) is 14.4 Å². The average molecular weight is 557 g/mol. The van der Waals surface area contributed by atoms with Gasteiger partial charge in [0.05, 0.1) is 16.6 Å². The molecule has 6 atom stereocenters. The minimum atomic E-state index is -0.632. The van der Waals surface area contributed by atoms with E-state index in [1.165, 1.54) is 0 Å². The molecule has 2 bridgehead atoms. The van der Waals surface area contributed by atoms with E-state index in [2.05, 4.69) is 36.0 Å². The number of alkyl halides is 1. The molecule has 0 aliphatic carbocycles. The second kappa shape index (κ2) is 11.6. The number of amides is 3. The molecule has 3 rings (SSSR count). The van der Waals surface area contributed by atoms with Crippen molar-refractivity contribution in [3.05, 3.63) is 25.3 Å². The summed E-state index contributed by atoms with van der Waals surface area (Å²) in [6.07, 6.45) is 7.12. The third-order valence-electron chi connectivity index (χ3n) is 7.34. The molecule has 3 aliphatic heterocycles. The lowest BCUT2D eigenvalue weighted by molar-refractivity contribution is -0.144. The molecule has 3 amide bonds. The Kier molecular flexibility index (Phi) is 9.31. The Morgan fingerprint density at radius 2 is 1.94 bits per heavy atom. The van der Waals surface area contributed by atoms with Gasteiger partial charge in [-0.25, -0.2) is 0 Å². The van der Waals surface area contributed by atoms with Crippen molar-refractivity contribution in [2.75, 3.05) is 39.8 Å². The van der Waals surface area contributed by atoms with Crippen LogP contribution < -0.4 is 0 Å². The summed E-state index contributed by atoms with van der Waals surface area (Å²) in [5.74, 6) is -1.18. The van der Waals surface area contributed by atoms with E-state index in [1.54, 1.807) is 40.8 Å². The van der Waals surface area contributed by atoms with Crippen molar-refractivity contribution in [2.45, 2.75) is 59.9 Å². The number of halogens is 1. The minimum absolute atomic E-state index is 0.0437. The third kappa shape index (κ3) is 4.72. The van der Waals surface area contributed by atoms with Gasteiger partial charge in [0, 0.05) is 49.9 Å². The van der Waals surface area contributed by atoms with Crippen molar-refractivity contribution in [1.29, 1.82) is 0 Å². The van der Waals surface area contributed by atoms with Crippen molar-refractivity contribution in [2.24, 2.45) is 11.8 Å². The maximum Gasteiger partial charge on any atom is 0.247 e. The topological polar surface area (TPSA) is 81.2 Å². The van der Waals surface area contributed by atoms with Gasteiger partial charge in [0.1, 0.15) is 6.04 Å². The Hall–Kier alpha value is -1.32. The third-order valence-corrected chi connectivity index (χ3v) is 10.6. The molecule has 3 heterocycles. The number of aliphatic hydroxyl groups excluding tert-OH is 1. The molecule has 190 valence electrons. The van der Waals surface area contributed by atoms with Gasteiger partial charge in [-0.1, -0.05) is 41.4 Å². The number of aliphatic hydroxyl groups is 1. The van der Waals surface area contributed by atoms with Gasteiger partial charge in [0.2, 0.25) is 17.7 Å². The maximum absolute atomic E-state index is 14.1. The number of likely N-dealkylation sites (tertiary alicyclic amines) is 1. The van der Waals surface area contributed by atoms with E-state index >= 15 is 0 Å². The van der Waals surface area contributed by atoms with Crippen molar-refractivity contribution in [3.63, 3.8) is 0 Å². The number of nitrogens with zero attached hydrogens (tertiary/aromatic N) is 3. The summed E-state index contributed by atoms with van der Waals surface area (Å²) < 4.78 is -0.632. The molecular formula is C25H38BrN3O4S. The van der Waals surface area contributed by atoms with E-state index < -0.39 is 22.6 Å². The number of unbranched alkanes of at least 4 members (excludes halogenated alkanes) is 2. The number of carbonyl (C=O) groups is 3. The fourth-order valence-electron chi connectivity index (χ4n) is 5.83. The van der Waals surface area contributed by atoms with Crippen LogP contribution >= 0.6 is 27.7 Å². The second-order valence-corrected chi connectivity index (χ2v) is 12.3. The monoisotopic (exact) mass is 555 g/mol. The molecule has 3 saturated heterocycles. The van der Waals surface area contributed by atoms with Crippen LogP contribution in [0.1, 0.15) is 39.0 Å². The molecule has 0 aromatic heterocycles. The van der Waals surface area contributed by atoms with E-state index in [9.17, 15) is 19.5 Å². The summed E-state index contributed by atoms with van der Waals surface area (Å²) in [6.45, 7) is 11.6. The first kappa shape index (κ1) is 27.3. The van der Waals surface area contributed by atoms with E-state index in [0.717, 1.165) is 12.8 Å². The van der Waals surface area contributed by atoms with Gasteiger partial charge in [0.25, 0.3) is 0 Å². The van der Waals surface area contributed by atoms with Gasteiger partial charge in [-0.15, -0.1) is 24.9 Å². The molecule has 0 radical (unpaired) electrons. The number of fused-ring (bicyclic) bond motifs is 1. The van der Waals surface area contributed by atoms with E-state index in [4.69, 9.17) is 0 Å². The van der Waals surface area contributed by atoms with E-state index in [-0.39, 0.29) is 34.4 Å². The van der Waals surface area contributed by atoms with Crippen LogP contribution in [0.15, 0.2) is 25.3 Å². The number of hydrogen-bond donors (Lipinski definition) is 1. The molecule has 7 nitrogen and oxygen atoms in total. The van der Waals surface area contributed by atoms with Crippen LogP contribution in [0.4, 0.5) is 0 Å². The first-order valence-electron chi connectivity index (χ1n) is 12.3. The highest BCUT2D eigenvalue weighted by Crippen LogP contribution is 2.68. The number of rotatable bonds is 13. The van der Waals surface area contributed by atoms with Gasteiger partial charge >= 0.3 is 0 Å². The Bertz CT molecular complexity index is 811. The van der Waals surface area contributed by atoms with Crippen LogP contribution in [-0.4, -0.2) is 98.2 Å². The Labute approximate surface area is 216 Å². The highest BCUT2D eigenvalue weighted by atomic mass is 79.9. The van der Waals surface area contributed by atoms with E-state index in [1.807, 2.05) is 4.90 Å². The quantitative estimate of drug-likeness (QED) is 0.214. The predicted octanol–water partition coefficient (Wildman–Crippen LogP) is 2.68. The lowest BCUT2D eigenvalue weighted by Gasteiger charge is -2.38. The van der Waals surface area contributed by atoms with Gasteiger partial charge in [-0.05, 0) is 25.7 Å². The Morgan fingerprint density at radius 1 is 1.24 bits per heavy atom. The molecule has 0 aromatic carbocycles. The van der Waals surface area contributed by atoms with Gasteiger partial charge < -0.3 is 19.8 Å². The summed E-state index contributed by atoms with van der Waals surface area (Å²) in [4.78, 5) is 46.8. The first-order chi connectivity index (χ1) is 16.3. The van der Waals surface area contributed by atoms with Crippen molar-refractivity contribution in [3.8, 4) is 0 Å². The zero-order valence-corrected chi connectivity index (χ0v) is 22.7. The zero-order chi connectivity index (χ0) is 25.0. The Balaban J connectivity index is 2.02. The van der Waals surface area contributed by atoms with Gasteiger partial charge in [-0.2, -0.15) is 0 Å². The molecule has 34 heavy (non-hydrogen) atoms. The SMILES string of the molecule is C=CCN(C)C(=O)[C@H]1[C@@H]2SC3(CC2Br)C(C(=O)N(CC=C)CCCC)N(CCCCO)C(=O)[C@H]13. The van der Waals surface area contributed by atoms with Crippen LogP contribution in [0.3, 0.4) is 0 Å². The summed E-state index contributed by atoms with van der Waals surface area (Å²) in [5, 5.41) is 9.26. The summed E-state index contributed by atoms with van der Waals surface area (Å²) >= 11 is 5.46. The first-order valence-corrected chi connectivity index (χ1v) is 14.1. The lowest BCUT2D eigenvalue weighted by atomic mass is 9.70. The normalized spacial score (nSPS) is 31.5. The smallest absolute Gasteiger partial charge is 0.247 e. The number of thioether (sulfide) groups is 1. The molecule has 9 heteroatoms. The predicted molar refractivity (Wildman–Crippen MR) is 140 cm³/mol. The highest BCUT2D eigenvalue weighted by Gasteiger charge is 2.75. The average Bonchev–Trinajstić information content (AvgIpc) is 3.39. The maximum atomic E-state index is 14.1. The molecule has 1 N–H and O–H groups in total. The molecule has 0 aromatic rings. The zero-order valence-electron chi connectivity index (χ0n) is 20.3. The van der Waals surface area contributed by atoms with Crippen LogP contribution in [0.25, 0.3) is 0 Å². The largest absolute Gasteiger partial charge is 0.396 e. The molecule has 0 saturated carbocycles. The molecule has 3 unspecified atom stereocenters. The molecule has 3 aliphatic rings. The molecule has 1 spiro atoms. The van der Waals surface area contributed by atoms with Crippen molar-refractivity contribution >= 4 is 45.4 Å². The van der Waals surface area contributed by atoms with Crippen LogP contribution in [0.2, 0.25) is 0 Å². The summed E-state index contributed by atoms with van der Waals surface area (Å²) in [5.41, 5.74) is 0. The van der Waals surface area contributed by atoms with Crippen molar-refractivity contribution < 1.29 is 19.5 Å². The number of hydrogen-bond acceptors (Lipinski definition) is 5. The highest BCUT2D eigenvalue weighted by molar-refractivity contribution is 9.09. The van der Waals surface area contributed by atoms with E-state index in [0.29, 0.717) is 45.4 Å². The molecular weight excluding hydrogens is 518 g/mol. The number of likely N-dealkylation sites (N-methyl/N-ethyl adjacent to an activating group) is 1. The van der Waals surface area contributed by atoms with Crippen LogP contribution in [0, 0.1) is 11.8 Å². The van der Waals surface area contributed by atoms with Crippen molar-refractivity contribution in [1.82, 2.24) is 14.7 Å². The fourth-order valence-corrected chi connectivity index (χ4v) is 9.43. The summed E-state index contributed by atoms with van der Waals surface area (Å²) in [6, 6.07) is -0.613. The minimum Gasteiger partial charge on any atom is -0.396 e. The van der Waals surface area contributed by atoms with Gasteiger partial charge in [0.15, 0.2) is 0 Å². The van der Waals surface area contributed by atoms with Crippen LogP contribution in [-0.2, 0) is 14.4 Å². The fraction of sp³-hybridized carbons (Fsp3) is 0.720. The second-order valence-electron chi connectivity index (χ2n) is 9.56. The lowest BCUT2D eigenvalue weighted by Crippen LogP contribution is -2.56. The molecule has 3 fully saturated rings. The standard InChI is InChI=1S/C25H38BrN3O4S/c1-5-8-13-28(12-7-3)24(33)21-25-16-17(26)20(34-25)18(22(31)27(4)11-6-2)19(25)23(32)29(21)14-9-10-15-30/h6-7,17-21,30H,2-3,5,8-16H2,1,4H3/t17?,18-,19+,20-,21?,25?/m1/s1. The number of carbonyl (C=O) groups excluding carboxylic acids is 3.